The monoisotopic (exact) mass is 393 g/mol. The Labute approximate surface area is 164 Å². The zero-order valence-electron chi connectivity index (χ0n) is 16.0. The molecule has 0 bridgehead atoms. The number of nitrogens with zero attached hydrogens (tertiary/aromatic N) is 2. The number of piperidine rings is 1. The minimum atomic E-state index is -0.631. The fourth-order valence-corrected chi connectivity index (χ4v) is 2.81. The van der Waals surface area contributed by atoms with Gasteiger partial charge in [-0.05, 0) is 39.7 Å². The summed E-state index contributed by atoms with van der Waals surface area (Å²) in [7, 11) is 1.36. The fraction of sp³-hybridized carbons (Fsp3) is 0.526. The van der Waals surface area contributed by atoms with Crippen LogP contribution in [0.5, 0.6) is 0 Å². The number of hydrogen-bond donors (Lipinski definition) is 1. The van der Waals surface area contributed by atoms with Crippen molar-refractivity contribution in [2.75, 3.05) is 25.5 Å². The van der Waals surface area contributed by atoms with Crippen LogP contribution in [0.15, 0.2) is 12.3 Å². The van der Waals surface area contributed by atoms with Crippen LogP contribution in [-0.2, 0) is 9.47 Å². The summed E-state index contributed by atoms with van der Waals surface area (Å²) in [4.78, 5) is 29.5. The molecule has 0 saturated carbocycles. The molecule has 8 heteroatoms. The number of carbonyl (C=O) groups is 2. The number of nitrogens with one attached hydrogen (secondary N) is 1. The zero-order chi connectivity index (χ0) is 20.0. The summed E-state index contributed by atoms with van der Waals surface area (Å²) < 4.78 is 10.0. The predicted octanol–water partition coefficient (Wildman–Crippen LogP) is 3.91. The first-order valence-electron chi connectivity index (χ1n) is 8.68. The molecule has 1 N–H and O–H groups in total. The van der Waals surface area contributed by atoms with E-state index >= 15 is 0 Å². The number of likely N-dealkylation sites (tertiary alicyclic amines) is 1. The topological polar surface area (TPSA) is 80.8 Å². The van der Waals surface area contributed by atoms with E-state index in [4.69, 9.17) is 21.1 Å². The van der Waals surface area contributed by atoms with E-state index in [0.717, 1.165) is 12.8 Å². The number of aromatic nitrogens is 1. The molecule has 146 valence electrons. The average Bonchev–Trinajstić information content (AvgIpc) is 2.59. The Hall–Kier alpha value is -2.46. The maximum atomic E-state index is 12.0. The van der Waals surface area contributed by atoms with Crippen LogP contribution >= 0.6 is 11.6 Å². The van der Waals surface area contributed by atoms with Gasteiger partial charge in [0.15, 0.2) is 5.82 Å². The fourth-order valence-electron chi connectivity index (χ4n) is 2.62. The number of amides is 2. The lowest BCUT2D eigenvalue weighted by Gasteiger charge is -2.29. The summed E-state index contributed by atoms with van der Waals surface area (Å²) in [6.07, 6.45) is 2.22. The van der Waals surface area contributed by atoms with Gasteiger partial charge in [-0.1, -0.05) is 23.4 Å². The van der Waals surface area contributed by atoms with Gasteiger partial charge in [0, 0.05) is 25.2 Å². The van der Waals surface area contributed by atoms with Gasteiger partial charge in [-0.25, -0.2) is 14.6 Å². The predicted molar refractivity (Wildman–Crippen MR) is 103 cm³/mol. The van der Waals surface area contributed by atoms with Gasteiger partial charge in [-0.15, -0.1) is 0 Å². The second kappa shape index (κ2) is 8.96. The molecule has 1 unspecified atom stereocenters. The Kier molecular flexibility index (Phi) is 6.92. The number of halogens is 1. The van der Waals surface area contributed by atoms with Crippen molar-refractivity contribution >= 4 is 29.6 Å². The van der Waals surface area contributed by atoms with E-state index < -0.39 is 11.7 Å². The Morgan fingerprint density at radius 2 is 2.15 bits per heavy atom. The van der Waals surface area contributed by atoms with Crippen molar-refractivity contribution < 1.29 is 19.1 Å². The quantitative estimate of drug-likeness (QED) is 0.731. The first-order valence-corrected chi connectivity index (χ1v) is 9.06. The highest BCUT2D eigenvalue weighted by molar-refractivity contribution is 6.32. The third-order valence-corrected chi connectivity index (χ3v) is 4.09. The molecule has 2 heterocycles. The minimum Gasteiger partial charge on any atom is -0.453 e. The Morgan fingerprint density at radius 3 is 2.81 bits per heavy atom. The normalized spacial score (nSPS) is 16.8. The molecule has 1 aromatic heterocycles. The van der Waals surface area contributed by atoms with Crippen LogP contribution < -0.4 is 5.32 Å². The van der Waals surface area contributed by atoms with Crippen molar-refractivity contribution in [3.8, 4) is 11.8 Å². The molecule has 1 aliphatic rings. The smallest absolute Gasteiger partial charge is 0.413 e. The molecule has 27 heavy (non-hydrogen) atoms. The van der Waals surface area contributed by atoms with Crippen LogP contribution in [-0.4, -0.2) is 47.9 Å². The maximum Gasteiger partial charge on any atom is 0.413 e. The molecule has 2 amide bonds. The molecule has 0 spiro atoms. The summed E-state index contributed by atoms with van der Waals surface area (Å²) in [6, 6.07) is 1.60. The van der Waals surface area contributed by atoms with Crippen LogP contribution in [0.4, 0.5) is 15.4 Å². The van der Waals surface area contributed by atoms with Gasteiger partial charge >= 0.3 is 12.2 Å². The van der Waals surface area contributed by atoms with Crippen LogP contribution in [0.25, 0.3) is 0 Å². The molecule has 7 nitrogen and oxygen atoms in total. The lowest BCUT2D eigenvalue weighted by atomic mass is 9.98. The van der Waals surface area contributed by atoms with E-state index in [1.54, 1.807) is 31.7 Å². The summed E-state index contributed by atoms with van der Waals surface area (Å²) >= 11 is 6.25. The van der Waals surface area contributed by atoms with E-state index in [1.165, 1.54) is 13.3 Å². The van der Waals surface area contributed by atoms with Crippen LogP contribution in [0, 0.1) is 17.8 Å². The van der Waals surface area contributed by atoms with Crippen LogP contribution in [0.2, 0.25) is 5.02 Å². The number of carbonyl (C=O) groups excluding carboxylic acids is 2. The molecule has 1 aliphatic heterocycles. The van der Waals surface area contributed by atoms with Crippen molar-refractivity contribution in [1.82, 2.24) is 9.88 Å². The molecule has 0 aliphatic carbocycles. The SMILES string of the molecule is COC(=O)N1CCCC(C#Cc2c(Cl)ccnc2NC(=O)OC(C)(C)C)C1. The standard InChI is InChI=1S/C19H24ClN3O4/c1-19(2,3)27-17(24)22-16-14(15(20)9-10-21-16)8-7-13-6-5-11-23(12-13)18(25)26-4/h9-10,13H,5-6,11-12H2,1-4H3,(H,21,22,24). The van der Waals surface area contributed by atoms with Crippen molar-refractivity contribution in [3.63, 3.8) is 0 Å². The van der Waals surface area contributed by atoms with E-state index in [1.807, 2.05) is 0 Å². The Balaban J connectivity index is 2.16. The van der Waals surface area contributed by atoms with Crippen molar-refractivity contribution in [3.05, 3.63) is 22.8 Å². The van der Waals surface area contributed by atoms with Gasteiger partial charge < -0.3 is 14.4 Å². The molecule has 2 rings (SSSR count). The van der Waals surface area contributed by atoms with E-state index in [0.29, 0.717) is 23.7 Å². The lowest BCUT2D eigenvalue weighted by Crippen LogP contribution is -2.39. The van der Waals surface area contributed by atoms with Gasteiger partial charge in [-0.3, -0.25) is 5.32 Å². The van der Waals surface area contributed by atoms with Crippen molar-refractivity contribution in [2.45, 2.75) is 39.2 Å². The number of pyridine rings is 1. The molecular weight excluding hydrogens is 370 g/mol. The lowest BCUT2D eigenvalue weighted by molar-refractivity contribution is 0.0635. The summed E-state index contributed by atoms with van der Waals surface area (Å²) in [5.74, 6) is 6.37. The third kappa shape index (κ3) is 6.33. The summed E-state index contributed by atoms with van der Waals surface area (Å²) in [5, 5.41) is 2.97. The number of rotatable bonds is 1. The van der Waals surface area contributed by atoms with E-state index in [-0.39, 0.29) is 17.8 Å². The summed E-state index contributed by atoms with van der Waals surface area (Å²) in [6.45, 7) is 6.47. The van der Waals surface area contributed by atoms with Crippen molar-refractivity contribution in [2.24, 2.45) is 5.92 Å². The van der Waals surface area contributed by atoms with Gasteiger partial charge in [0.05, 0.1) is 17.7 Å². The highest BCUT2D eigenvalue weighted by Crippen LogP contribution is 2.23. The van der Waals surface area contributed by atoms with Crippen molar-refractivity contribution in [1.29, 1.82) is 0 Å². The largest absolute Gasteiger partial charge is 0.453 e. The number of ether oxygens (including phenoxy) is 2. The highest BCUT2D eigenvalue weighted by Gasteiger charge is 2.23. The Bertz CT molecular complexity index is 764. The van der Waals surface area contributed by atoms with Gasteiger partial charge in [0.1, 0.15) is 5.60 Å². The second-order valence-electron chi connectivity index (χ2n) is 7.17. The van der Waals surface area contributed by atoms with Crippen LogP contribution in [0.1, 0.15) is 39.2 Å². The molecular formula is C19H24ClN3O4. The molecule has 1 aromatic rings. The first-order chi connectivity index (χ1) is 12.7. The third-order valence-electron chi connectivity index (χ3n) is 3.77. The highest BCUT2D eigenvalue weighted by atomic mass is 35.5. The van der Waals surface area contributed by atoms with Gasteiger partial charge in [0.25, 0.3) is 0 Å². The minimum absolute atomic E-state index is 0.0106. The molecule has 1 fully saturated rings. The van der Waals surface area contributed by atoms with Gasteiger partial charge in [0.2, 0.25) is 0 Å². The van der Waals surface area contributed by atoms with Gasteiger partial charge in [-0.2, -0.15) is 0 Å². The number of methoxy groups -OCH3 is 1. The number of anilines is 1. The molecule has 0 radical (unpaired) electrons. The maximum absolute atomic E-state index is 12.0. The molecule has 0 aromatic carbocycles. The van der Waals surface area contributed by atoms with Crippen LogP contribution in [0.3, 0.4) is 0 Å². The average molecular weight is 394 g/mol. The summed E-state index contributed by atoms with van der Waals surface area (Å²) in [5.41, 5.74) is -0.214. The van der Waals surface area contributed by atoms with E-state index in [2.05, 4.69) is 22.1 Å². The van der Waals surface area contributed by atoms with E-state index in [9.17, 15) is 9.59 Å². The Morgan fingerprint density at radius 1 is 1.41 bits per heavy atom. The first kappa shape index (κ1) is 20.8. The molecule has 1 saturated heterocycles. The second-order valence-corrected chi connectivity index (χ2v) is 7.58. The molecule has 1 atom stereocenters. The number of hydrogen-bond acceptors (Lipinski definition) is 5. The zero-order valence-corrected chi connectivity index (χ0v) is 16.7.